The Labute approximate surface area is 188 Å². The zero-order valence-electron chi connectivity index (χ0n) is 16.5. The van der Waals surface area contributed by atoms with E-state index in [4.69, 9.17) is 37.1 Å². The molecule has 1 amide bonds. The number of amides is 1. The molecule has 1 aliphatic heterocycles. The molecule has 9 heteroatoms. The van der Waals surface area contributed by atoms with Crippen molar-refractivity contribution >= 4 is 51.8 Å². The van der Waals surface area contributed by atoms with E-state index in [1.54, 1.807) is 18.2 Å². The maximum absolute atomic E-state index is 12.5. The van der Waals surface area contributed by atoms with E-state index in [0.29, 0.717) is 23.6 Å². The zero-order chi connectivity index (χ0) is 22.0. The summed E-state index contributed by atoms with van der Waals surface area (Å²) in [5.41, 5.74) is 2.12. The van der Waals surface area contributed by atoms with E-state index in [9.17, 15) is 9.59 Å². The summed E-state index contributed by atoms with van der Waals surface area (Å²) < 4.78 is 16.5. The predicted octanol–water partition coefficient (Wildman–Crippen LogP) is 4.50. The monoisotopic (exact) mass is 460 g/mol. The number of fused-ring (bicyclic) bond motifs is 1. The Morgan fingerprint density at radius 1 is 1.13 bits per heavy atom. The van der Waals surface area contributed by atoms with Crippen molar-refractivity contribution in [3.63, 3.8) is 0 Å². The van der Waals surface area contributed by atoms with E-state index in [2.05, 4.69) is 5.10 Å². The third-order valence-electron chi connectivity index (χ3n) is 4.90. The molecule has 1 aliphatic rings. The largest absolute Gasteiger partial charge is 0.493 e. The number of carbonyl (C=O) groups excluding carboxylic acids is 2. The first kappa shape index (κ1) is 21.2. The highest BCUT2D eigenvalue weighted by molar-refractivity contribution is 6.27. The topological polar surface area (TPSA) is 81.3 Å². The molecule has 0 saturated carbocycles. The van der Waals surface area contributed by atoms with Gasteiger partial charge in [-0.1, -0.05) is 24.3 Å². The van der Waals surface area contributed by atoms with Gasteiger partial charge in [-0.3, -0.25) is 9.59 Å². The Bertz CT molecular complexity index is 1140. The molecule has 3 aromatic rings. The number of hydrazone groups is 1. The molecular formula is C22H18Cl2N2O5. The normalized spacial score (nSPS) is 15.8. The fraction of sp³-hybridized carbons (Fsp3) is 0.227. The van der Waals surface area contributed by atoms with Crippen molar-refractivity contribution in [1.29, 1.82) is 0 Å². The first-order valence-electron chi connectivity index (χ1n) is 9.43. The first-order valence-corrected chi connectivity index (χ1v) is 10.5. The molecular weight excluding hydrogens is 443 g/mol. The zero-order valence-corrected chi connectivity index (χ0v) is 18.0. The first-order chi connectivity index (χ1) is 15.0. The van der Waals surface area contributed by atoms with E-state index < -0.39 is 12.0 Å². The van der Waals surface area contributed by atoms with Crippen LogP contribution in [0.15, 0.2) is 58.0 Å². The SMILES string of the molecule is COc1cc(C2CC(c3cc4ccccc4o3)=NN2C(=O)CCl)ccc1OC(=O)CCl. The molecule has 1 atom stereocenters. The quantitative estimate of drug-likeness (QED) is 0.307. The summed E-state index contributed by atoms with van der Waals surface area (Å²) in [7, 11) is 1.46. The number of halogens is 2. The van der Waals surface area contributed by atoms with Gasteiger partial charge in [0.05, 0.1) is 13.2 Å². The summed E-state index contributed by atoms with van der Waals surface area (Å²) in [6.45, 7) is 0. The Balaban J connectivity index is 1.67. The van der Waals surface area contributed by atoms with Crippen LogP contribution >= 0.6 is 23.2 Å². The van der Waals surface area contributed by atoms with Crippen LogP contribution in [-0.4, -0.2) is 41.5 Å². The van der Waals surface area contributed by atoms with Crippen LogP contribution in [0.25, 0.3) is 11.0 Å². The number of hydrogen-bond acceptors (Lipinski definition) is 6. The van der Waals surface area contributed by atoms with Crippen molar-refractivity contribution < 1.29 is 23.5 Å². The lowest BCUT2D eigenvalue weighted by molar-refractivity contribution is -0.131. The second kappa shape index (κ2) is 8.99. The predicted molar refractivity (Wildman–Crippen MR) is 117 cm³/mol. The van der Waals surface area contributed by atoms with E-state index in [1.807, 2.05) is 30.3 Å². The molecule has 0 aliphatic carbocycles. The van der Waals surface area contributed by atoms with Gasteiger partial charge in [0.1, 0.15) is 23.1 Å². The molecule has 160 valence electrons. The lowest BCUT2D eigenvalue weighted by atomic mass is 10.00. The summed E-state index contributed by atoms with van der Waals surface area (Å²) in [6, 6.07) is 14.2. The van der Waals surface area contributed by atoms with Gasteiger partial charge in [-0.15, -0.1) is 23.2 Å². The van der Waals surface area contributed by atoms with Crippen LogP contribution in [-0.2, 0) is 9.59 Å². The van der Waals surface area contributed by atoms with E-state index in [1.165, 1.54) is 12.1 Å². The van der Waals surface area contributed by atoms with Gasteiger partial charge in [0, 0.05) is 11.8 Å². The Morgan fingerprint density at radius 3 is 2.65 bits per heavy atom. The fourth-order valence-corrected chi connectivity index (χ4v) is 3.64. The molecule has 0 N–H and O–H groups in total. The second-order valence-corrected chi connectivity index (χ2v) is 7.34. The highest BCUT2D eigenvalue weighted by Gasteiger charge is 2.34. The molecule has 0 spiro atoms. The number of para-hydroxylation sites is 1. The molecule has 31 heavy (non-hydrogen) atoms. The van der Waals surface area contributed by atoms with Crippen molar-refractivity contribution in [2.24, 2.45) is 5.10 Å². The van der Waals surface area contributed by atoms with Gasteiger partial charge in [0.2, 0.25) is 0 Å². The lowest BCUT2D eigenvalue weighted by Crippen LogP contribution is -2.28. The van der Waals surface area contributed by atoms with Gasteiger partial charge in [0.25, 0.3) is 5.91 Å². The van der Waals surface area contributed by atoms with Gasteiger partial charge in [0.15, 0.2) is 17.3 Å². The molecule has 1 unspecified atom stereocenters. The van der Waals surface area contributed by atoms with Crippen molar-refractivity contribution in [3.05, 3.63) is 59.9 Å². The van der Waals surface area contributed by atoms with Crippen LogP contribution in [0.4, 0.5) is 0 Å². The number of hydrogen-bond donors (Lipinski definition) is 0. The summed E-state index contributed by atoms with van der Waals surface area (Å²) >= 11 is 11.3. The van der Waals surface area contributed by atoms with Crippen LogP contribution in [0.3, 0.4) is 0 Å². The average Bonchev–Trinajstić information content (AvgIpc) is 3.43. The number of rotatable bonds is 6. The average molecular weight is 461 g/mol. The fourth-order valence-electron chi connectivity index (χ4n) is 3.46. The minimum absolute atomic E-state index is 0.212. The molecule has 7 nitrogen and oxygen atoms in total. The van der Waals surface area contributed by atoms with Crippen LogP contribution in [0.5, 0.6) is 11.5 Å². The summed E-state index contributed by atoms with van der Waals surface area (Å²) in [4.78, 5) is 24.0. The third-order valence-corrected chi connectivity index (χ3v) is 5.34. The van der Waals surface area contributed by atoms with Gasteiger partial charge >= 0.3 is 5.97 Å². The van der Waals surface area contributed by atoms with Crippen LogP contribution in [0, 0.1) is 0 Å². The number of furan rings is 1. The summed E-state index contributed by atoms with van der Waals surface area (Å²) in [6.07, 6.45) is 0.423. The maximum atomic E-state index is 12.5. The third kappa shape index (κ3) is 4.24. The highest BCUT2D eigenvalue weighted by atomic mass is 35.5. The van der Waals surface area contributed by atoms with Gasteiger partial charge in [-0.05, 0) is 29.8 Å². The van der Waals surface area contributed by atoms with E-state index in [-0.39, 0.29) is 23.4 Å². The Hall–Kier alpha value is -3.03. The maximum Gasteiger partial charge on any atom is 0.326 e. The number of ether oxygens (including phenoxy) is 2. The van der Waals surface area contributed by atoms with E-state index in [0.717, 1.165) is 16.5 Å². The number of benzene rings is 2. The number of alkyl halides is 2. The van der Waals surface area contributed by atoms with Crippen LogP contribution < -0.4 is 9.47 Å². The summed E-state index contributed by atoms with van der Waals surface area (Å²) in [5.74, 6) is -0.251. The molecule has 2 aromatic carbocycles. The lowest BCUT2D eigenvalue weighted by Gasteiger charge is -2.22. The van der Waals surface area contributed by atoms with Crippen molar-refractivity contribution in [3.8, 4) is 11.5 Å². The Kier molecular flexibility index (Phi) is 6.15. The Morgan fingerprint density at radius 2 is 1.94 bits per heavy atom. The number of esters is 1. The number of nitrogens with zero attached hydrogens (tertiary/aromatic N) is 2. The molecule has 4 rings (SSSR count). The number of methoxy groups -OCH3 is 1. The molecule has 2 heterocycles. The molecule has 1 aromatic heterocycles. The smallest absolute Gasteiger partial charge is 0.326 e. The van der Waals surface area contributed by atoms with Crippen LogP contribution in [0.2, 0.25) is 0 Å². The van der Waals surface area contributed by atoms with Crippen molar-refractivity contribution in [2.45, 2.75) is 12.5 Å². The molecule has 0 saturated heterocycles. The van der Waals surface area contributed by atoms with Crippen molar-refractivity contribution in [1.82, 2.24) is 5.01 Å². The van der Waals surface area contributed by atoms with Crippen LogP contribution in [0.1, 0.15) is 23.8 Å². The van der Waals surface area contributed by atoms with Crippen molar-refractivity contribution in [2.75, 3.05) is 18.9 Å². The number of carbonyl (C=O) groups is 2. The van der Waals surface area contributed by atoms with Gasteiger partial charge in [-0.25, -0.2) is 5.01 Å². The second-order valence-electron chi connectivity index (χ2n) is 6.81. The summed E-state index contributed by atoms with van der Waals surface area (Å²) in [5, 5.41) is 6.81. The highest BCUT2D eigenvalue weighted by Crippen LogP contribution is 2.38. The van der Waals surface area contributed by atoms with Gasteiger partial charge in [-0.2, -0.15) is 5.10 Å². The van der Waals surface area contributed by atoms with E-state index >= 15 is 0 Å². The standard InChI is InChI=1S/C22H18Cl2N2O5/c1-29-20-8-13(6-7-18(20)31-22(28)12-24)16-10-15(25-26(16)21(27)11-23)19-9-14-4-2-3-5-17(14)30-19/h2-9,16H,10-12H2,1H3. The minimum Gasteiger partial charge on any atom is -0.493 e. The molecule has 0 fully saturated rings. The van der Waals surface area contributed by atoms with Gasteiger partial charge < -0.3 is 13.9 Å². The minimum atomic E-state index is -0.594. The molecule has 0 bridgehead atoms. The molecule has 0 radical (unpaired) electrons.